The van der Waals surface area contributed by atoms with Gasteiger partial charge in [-0.1, -0.05) is 30.3 Å². The fourth-order valence-corrected chi connectivity index (χ4v) is 2.50. The highest BCUT2D eigenvalue weighted by atomic mass is 16.1. The van der Waals surface area contributed by atoms with E-state index in [2.05, 4.69) is 27.8 Å². The zero-order chi connectivity index (χ0) is 16.2. The quantitative estimate of drug-likeness (QED) is 0.775. The Morgan fingerprint density at radius 3 is 2.57 bits per heavy atom. The van der Waals surface area contributed by atoms with E-state index < -0.39 is 0 Å². The van der Waals surface area contributed by atoms with Crippen molar-refractivity contribution in [3.63, 3.8) is 0 Å². The minimum atomic E-state index is -0.0711. The van der Waals surface area contributed by atoms with E-state index in [4.69, 9.17) is 0 Å². The smallest absolute Gasteiger partial charge is 0.251 e. The number of benzene rings is 2. The predicted octanol–water partition coefficient (Wildman–Crippen LogP) is 3.51. The average molecular weight is 305 g/mol. The Balaban J connectivity index is 1.78. The Hall–Kier alpha value is -2.88. The van der Waals surface area contributed by atoms with E-state index in [0.717, 1.165) is 27.8 Å². The highest BCUT2D eigenvalue weighted by Crippen LogP contribution is 2.22. The zero-order valence-electron chi connectivity index (χ0n) is 13.3. The number of aryl methyl sites for hydroxylation is 1. The predicted molar refractivity (Wildman–Crippen MR) is 93.6 cm³/mol. The summed E-state index contributed by atoms with van der Waals surface area (Å²) in [6, 6.07) is 17.8. The lowest BCUT2D eigenvalue weighted by molar-refractivity contribution is 0.0963. The Bertz CT molecular complexity index is 841. The third-order valence-corrected chi connectivity index (χ3v) is 3.79. The summed E-state index contributed by atoms with van der Waals surface area (Å²) in [6.07, 6.45) is 0. The SMILES string of the molecule is CNC(=O)c1ccc(CNc2cccc3ccc(C)nc23)cc1. The van der Waals surface area contributed by atoms with Gasteiger partial charge in [0.2, 0.25) is 0 Å². The molecule has 0 spiro atoms. The number of fused-ring (bicyclic) bond motifs is 1. The van der Waals surface area contributed by atoms with Crippen LogP contribution in [0.2, 0.25) is 0 Å². The summed E-state index contributed by atoms with van der Waals surface area (Å²) in [5.74, 6) is -0.0711. The molecule has 0 aliphatic heterocycles. The molecule has 116 valence electrons. The van der Waals surface area contributed by atoms with Crippen LogP contribution in [0, 0.1) is 6.92 Å². The van der Waals surface area contributed by atoms with Crippen molar-refractivity contribution in [1.82, 2.24) is 10.3 Å². The van der Waals surface area contributed by atoms with Crippen LogP contribution in [0.5, 0.6) is 0 Å². The fourth-order valence-electron chi connectivity index (χ4n) is 2.50. The summed E-state index contributed by atoms with van der Waals surface area (Å²) in [6.45, 7) is 2.68. The zero-order valence-corrected chi connectivity index (χ0v) is 13.3. The highest BCUT2D eigenvalue weighted by molar-refractivity contribution is 5.94. The summed E-state index contributed by atoms with van der Waals surface area (Å²) in [7, 11) is 1.63. The van der Waals surface area contributed by atoms with E-state index in [1.54, 1.807) is 7.05 Å². The van der Waals surface area contributed by atoms with Gasteiger partial charge in [-0.05, 0) is 36.8 Å². The number of rotatable bonds is 4. The lowest BCUT2D eigenvalue weighted by Gasteiger charge is -2.10. The lowest BCUT2D eigenvalue weighted by Crippen LogP contribution is -2.17. The van der Waals surface area contributed by atoms with Crippen LogP contribution < -0.4 is 10.6 Å². The standard InChI is InChI=1S/C19H19N3O/c1-13-6-9-15-4-3-5-17(18(15)22-13)21-12-14-7-10-16(11-8-14)19(23)20-2/h3-11,21H,12H2,1-2H3,(H,20,23). The summed E-state index contributed by atoms with van der Waals surface area (Å²) < 4.78 is 0. The molecule has 0 atom stereocenters. The first-order valence-electron chi connectivity index (χ1n) is 7.58. The summed E-state index contributed by atoms with van der Waals surface area (Å²) in [4.78, 5) is 16.2. The second-order valence-electron chi connectivity index (χ2n) is 5.46. The van der Waals surface area contributed by atoms with Gasteiger partial charge >= 0.3 is 0 Å². The van der Waals surface area contributed by atoms with Crippen molar-refractivity contribution in [2.24, 2.45) is 0 Å². The molecule has 0 saturated heterocycles. The number of amides is 1. The molecular formula is C19H19N3O. The number of pyridine rings is 1. The van der Waals surface area contributed by atoms with E-state index in [-0.39, 0.29) is 5.91 Å². The van der Waals surface area contributed by atoms with E-state index in [1.807, 2.05) is 49.4 Å². The van der Waals surface area contributed by atoms with Crippen molar-refractivity contribution in [3.8, 4) is 0 Å². The Kier molecular flexibility index (Phi) is 4.24. The van der Waals surface area contributed by atoms with Gasteiger partial charge in [-0.15, -0.1) is 0 Å². The number of carbonyl (C=O) groups is 1. The minimum absolute atomic E-state index is 0.0711. The fraction of sp³-hybridized carbons (Fsp3) is 0.158. The van der Waals surface area contributed by atoms with Gasteiger partial charge in [0, 0.05) is 30.2 Å². The maximum absolute atomic E-state index is 11.5. The normalized spacial score (nSPS) is 10.5. The molecule has 4 nitrogen and oxygen atoms in total. The molecule has 0 aliphatic rings. The average Bonchev–Trinajstić information content (AvgIpc) is 2.59. The maximum atomic E-state index is 11.5. The van der Waals surface area contributed by atoms with Crippen molar-refractivity contribution in [1.29, 1.82) is 0 Å². The molecule has 0 saturated carbocycles. The molecule has 1 aromatic heterocycles. The van der Waals surface area contributed by atoms with Crippen molar-refractivity contribution < 1.29 is 4.79 Å². The Labute approximate surface area is 135 Å². The maximum Gasteiger partial charge on any atom is 0.251 e. The molecule has 4 heteroatoms. The molecule has 1 heterocycles. The first kappa shape index (κ1) is 15.0. The summed E-state index contributed by atoms with van der Waals surface area (Å²) in [5, 5.41) is 7.17. The molecule has 2 aromatic carbocycles. The molecule has 2 N–H and O–H groups in total. The molecule has 23 heavy (non-hydrogen) atoms. The number of nitrogens with zero attached hydrogens (tertiary/aromatic N) is 1. The first-order valence-corrected chi connectivity index (χ1v) is 7.58. The Morgan fingerprint density at radius 2 is 1.83 bits per heavy atom. The van der Waals surface area contributed by atoms with Gasteiger partial charge in [0.1, 0.15) is 0 Å². The molecule has 3 aromatic rings. The van der Waals surface area contributed by atoms with Crippen LogP contribution in [-0.2, 0) is 6.54 Å². The van der Waals surface area contributed by atoms with E-state index in [9.17, 15) is 4.79 Å². The molecule has 0 aliphatic carbocycles. The van der Waals surface area contributed by atoms with Gasteiger partial charge in [-0.2, -0.15) is 0 Å². The van der Waals surface area contributed by atoms with Crippen LogP contribution in [-0.4, -0.2) is 17.9 Å². The van der Waals surface area contributed by atoms with E-state index in [1.165, 1.54) is 0 Å². The van der Waals surface area contributed by atoms with Crippen LogP contribution >= 0.6 is 0 Å². The number of carbonyl (C=O) groups excluding carboxylic acids is 1. The molecule has 0 unspecified atom stereocenters. The molecule has 3 rings (SSSR count). The van der Waals surface area contributed by atoms with Crippen LogP contribution in [0.15, 0.2) is 54.6 Å². The van der Waals surface area contributed by atoms with E-state index in [0.29, 0.717) is 12.1 Å². The largest absolute Gasteiger partial charge is 0.379 e. The third-order valence-electron chi connectivity index (χ3n) is 3.79. The van der Waals surface area contributed by atoms with Crippen molar-refractivity contribution >= 4 is 22.5 Å². The van der Waals surface area contributed by atoms with Crippen LogP contribution in [0.4, 0.5) is 5.69 Å². The second-order valence-corrected chi connectivity index (χ2v) is 5.46. The molecular weight excluding hydrogens is 286 g/mol. The Morgan fingerprint density at radius 1 is 1.04 bits per heavy atom. The van der Waals surface area contributed by atoms with Gasteiger partial charge in [-0.25, -0.2) is 0 Å². The second kappa shape index (κ2) is 6.48. The van der Waals surface area contributed by atoms with E-state index >= 15 is 0 Å². The van der Waals surface area contributed by atoms with Gasteiger partial charge in [0.15, 0.2) is 0 Å². The number of para-hydroxylation sites is 1. The third kappa shape index (κ3) is 3.31. The topological polar surface area (TPSA) is 54.0 Å². The number of hydrogen-bond donors (Lipinski definition) is 2. The molecule has 0 bridgehead atoms. The van der Waals surface area contributed by atoms with Crippen LogP contribution in [0.25, 0.3) is 10.9 Å². The van der Waals surface area contributed by atoms with Gasteiger partial charge < -0.3 is 10.6 Å². The monoisotopic (exact) mass is 305 g/mol. The van der Waals surface area contributed by atoms with Crippen molar-refractivity contribution in [3.05, 3.63) is 71.4 Å². The number of nitrogens with one attached hydrogen (secondary N) is 2. The number of aromatic nitrogens is 1. The number of hydrogen-bond acceptors (Lipinski definition) is 3. The van der Waals surface area contributed by atoms with Gasteiger partial charge in [0.05, 0.1) is 11.2 Å². The van der Waals surface area contributed by atoms with Crippen LogP contribution in [0.3, 0.4) is 0 Å². The van der Waals surface area contributed by atoms with Crippen LogP contribution in [0.1, 0.15) is 21.6 Å². The summed E-state index contributed by atoms with van der Waals surface area (Å²) in [5.41, 5.74) is 4.78. The van der Waals surface area contributed by atoms with Crippen molar-refractivity contribution in [2.75, 3.05) is 12.4 Å². The minimum Gasteiger partial charge on any atom is -0.379 e. The van der Waals surface area contributed by atoms with Gasteiger partial charge in [0.25, 0.3) is 5.91 Å². The molecule has 0 fully saturated rings. The molecule has 0 radical (unpaired) electrons. The summed E-state index contributed by atoms with van der Waals surface area (Å²) >= 11 is 0. The van der Waals surface area contributed by atoms with Gasteiger partial charge in [-0.3, -0.25) is 9.78 Å². The number of anilines is 1. The van der Waals surface area contributed by atoms with Crippen molar-refractivity contribution in [2.45, 2.75) is 13.5 Å². The first-order chi connectivity index (χ1) is 11.2. The molecule has 1 amide bonds. The highest BCUT2D eigenvalue weighted by Gasteiger charge is 2.04. The lowest BCUT2D eigenvalue weighted by atomic mass is 10.1.